The fourth-order valence-corrected chi connectivity index (χ4v) is 10.8. The first-order chi connectivity index (χ1) is 12.2. The minimum absolute atomic E-state index is 0.0510. The third kappa shape index (κ3) is 10.7. The highest BCUT2D eigenvalue weighted by atomic mass is 28.4. The van der Waals surface area contributed by atoms with Crippen molar-refractivity contribution in [1.29, 1.82) is 0 Å². The highest BCUT2D eigenvalue weighted by molar-refractivity contribution is 6.73. The minimum atomic E-state index is -1.55. The van der Waals surface area contributed by atoms with Crippen LogP contribution < -0.4 is 0 Å². The molecule has 26 heavy (non-hydrogen) atoms. The Balaban J connectivity index is 5.16. The maximum absolute atomic E-state index is 7.02. The topological polar surface area (TPSA) is 9.23 Å². The van der Waals surface area contributed by atoms with Crippen LogP contribution in [0.1, 0.15) is 88.0 Å². The van der Waals surface area contributed by atoms with Crippen LogP contribution in [0.15, 0.2) is 11.0 Å². The van der Waals surface area contributed by atoms with E-state index in [2.05, 4.69) is 73.3 Å². The SMILES string of the molecule is CCCCC(C)(C/C=[CH]/[Al]([CH2]C(C)C)[CH2]C(C)C)O[Si](CC)(CC)CC. The van der Waals surface area contributed by atoms with Gasteiger partial charge in [0.15, 0.2) is 8.32 Å². The number of unbranched alkanes of at least 4 members (excludes halogenated alkanes) is 1. The Morgan fingerprint density at radius 2 is 1.42 bits per heavy atom. The number of hydrogen-bond acceptors (Lipinski definition) is 1. The van der Waals surface area contributed by atoms with Gasteiger partial charge in [0.25, 0.3) is 14.1 Å². The Morgan fingerprint density at radius 1 is 0.923 bits per heavy atom. The molecule has 0 aliphatic rings. The Kier molecular flexibility index (Phi) is 13.8. The fraction of sp³-hybridized carbons (Fsp3) is 0.913. The smallest absolute Gasteiger partial charge is 0.294 e. The van der Waals surface area contributed by atoms with Gasteiger partial charge in [-0.2, -0.15) is 0 Å². The Bertz CT molecular complexity index is 358. The molecule has 0 aromatic heterocycles. The minimum Gasteiger partial charge on any atom is -0.411 e. The normalized spacial score (nSPS) is 15.2. The average molecular weight is 397 g/mol. The molecule has 0 heterocycles. The molecule has 1 nitrogen and oxygen atoms in total. The van der Waals surface area contributed by atoms with E-state index in [-0.39, 0.29) is 5.60 Å². The van der Waals surface area contributed by atoms with Crippen LogP contribution >= 0.6 is 0 Å². The molecule has 1 unspecified atom stereocenters. The Morgan fingerprint density at radius 3 is 1.81 bits per heavy atom. The van der Waals surface area contributed by atoms with E-state index in [0.717, 1.165) is 18.3 Å². The summed E-state index contributed by atoms with van der Waals surface area (Å²) in [6.45, 7) is 21.3. The third-order valence-electron chi connectivity index (χ3n) is 5.96. The van der Waals surface area contributed by atoms with Gasteiger partial charge in [-0.1, -0.05) is 90.6 Å². The summed E-state index contributed by atoms with van der Waals surface area (Å²) in [5.74, 6) is 1.66. The molecule has 3 heteroatoms. The highest BCUT2D eigenvalue weighted by Crippen LogP contribution is 2.33. The second-order valence-electron chi connectivity index (χ2n) is 9.55. The van der Waals surface area contributed by atoms with Crippen LogP contribution in [0.25, 0.3) is 0 Å². The standard InChI is InChI=1S/C15H31OSi.2C4H9.Al/c1-7-12-14-15(6,13-8-2)16-17(9-3,10-4)11-5;2*1-4(2)3;/h2,8H,7,9-14H2,1,3-6H3;2*4H,1H2,2-3H3;. The Hall–Kier alpha value is 0.449. The monoisotopic (exact) mass is 396 g/mol. The van der Waals surface area contributed by atoms with Crippen molar-refractivity contribution in [2.45, 2.75) is 122 Å². The first kappa shape index (κ1) is 26.4. The van der Waals surface area contributed by atoms with Gasteiger partial charge in [-0.05, 0) is 37.9 Å². The van der Waals surface area contributed by atoms with Crippen molar-refractivity contribution in [2.24, 2.45) is 11.8 Å². The fourth-order valence-electron chi connectivity index (χ4n) is 4.21. The van der Waals surface area contributed by atoms with Crippen LogP contribution in [-0.4, -0.2) is 28.1 Å². The van der Waals surface area contributed by atoms with Crippen LogP contribution in [-0.2, 0) is 4.43 Å². The first-order valence-corrected chi connectivity index (χ1v) is 16.4. The molecule has 0 bridgehead atoms. The van der Waals surface area contributed by atoms with Gasteiger partial charge in [-0.15, -0.1) is 11.0 Å². The van der Waals surface area contributed by atoms with E-state index in [1.54, 1.807) is 0 Å². The van der Waals surface area contributed by atoms with Crippen molar-refractivity contribution in [2.75, 3.05) is 0 Å². The lowest BCUT2D eigenvalue weighted by Gasteiger charge is -2.40. The van der Waals surface area contributed by atoms with E-state index < -0.39 is 22.5 Å². The summed E-state index contributed by atoms with van der Waals surface area (Å²) in [5.41, 5.74) is 0.0510. The second kappa shape index (κ2) is 13.6. The van der Waals surface area contributed by atoms with Gasteiger partial charge in [-0.3, -0.25) is 0 Å². The maximum atomic E-state index is 7.02. The van der Waals surface area contributed by atoms with Crippen LogP contribution in [0.5, 0.6) is 0 Å². The molecule has 0 spiro atoms. The van der Waals surface area contributed by atoms with Crippen LogP contribution in [0.4, 0.5) is 0 Å². The Labute approximate surface area is 171 Å². The van der Waals surface area contributed by atoms with Crippen molar-refractivity contribution in [3.05, 3.63) is 11.0 Å². The number of rotatable bonds is 15. The van der Waals surface area contributed by atoms with E-state index in [1.807, 2.05) is 0 Å². The van der Waals surface area contributed by atoms with E-state index in [1.165, 1.54) is 48.0 Å². The molecule has 1 atom stereocenters. The van der Waals surface area contributed by atoms with Gasteiger partial charge < -0.3 is 4.43 Å². The van der Waals surface area contributed by atoms with E-state index in [4.69, 9.17) is 4.43 Å². The van der Waals surface area contributed by atoms with Gasteiger partial charge in [-0.25, -0.2) is 0 Å². The van der Waals surface area contributed by atoms with Gasteiger partial charge in [0.05, 0.1) is 5.60 Å². The largest absolute Gasteiger partial charge is 0.411 e. The summed E-state index contributed by atoms with van der Waals surface area (Å²) >= 11 is -0.766. The van der Waals surface area contributed by atoms with Crippen molar-refractivity contribution in [1.82, 2.24) is 0 Å². The molecule has 0 fully saturated rings. The average Bonchev–Trinajstić information content (AvgIpc) is 2.57. The molecule has 0 rings (SSSR count). The molecular weight excluding hydrogens is 347 g/mol. The quantitative estimate of drug-likeness (QED) is 0.253. The lowest BCUT2D eigenvalue weighted by Crippen LogP contribution is -2.45. The zero-order valence-electron chi connectivity index (χ0n) is 19.7. The van der Waals surface area contributed by atoms with Crippen LogP contribution in [0.2, 0.25) is 28.7 Å². The van der Waals surface area contributed by atoms with Gasteiger partial charge in [0, 0.05) is 0 Å². The molecule has 154 valence electrons. The van der Waals surface area contributed by atoms with E-state index >= 15 is 0 Å². The lowest BCUT2D eigenvalue weighted by molar-refractivity contribution is 0.0666. The molecule has 0 aromatic rings. The molecule has 0 saturated heterocycles. The summed E-state index contributed by atoms with van der Waals surface area (Å²) in [4.78, 5) is 2.65. The van der Waals surface area contributed by atoms with Crippen molar-refractivity contribution in [3.63, 3.8) is 0 Å². The summed E-state index contributed by atoms with van der Waals surface area (Å²) in [6.07, 6.45) is 7.40. The zero-order valence-corrected chi connectivity index (χ0v) is 21.8. The summed E-state index contributed by atoms with van der Waals surface area (Å²) in [6, 6.07) is 3.76. The second-order valence-corrected chi connectivity index (χ2v) is 17.1. The van der Waals surface area contributed by atoms with Crippen molar-refractivity contribution in [3.8, 4) is 0 Å². The molecule has 0 aliphatic heterocycles. The van der Waals surface area contributed by atoms with Crippen LogP contribution in [0, 0.1) is 11.8 Å². The highest BCUT2D eigenvalue weighted by Gasteiger charge is 2.37. The van der Waals surface area contributed by atoms with Crippen molar-refractivity contribution < 1.29 is 4.43 Å². The zero-order chi connectivity index (χ0) is 20.2. The van der Waals surface area contributed by atoms with Gasteiger partial charge in [0.2, 0.25) is 0 Å². The molecule has 0 radical (unpaired) electrons. The van der Waals surface area contributed by atoms with Gasteiger partial charge >= 0.3 is 0 Å². The molecule has 0 amide bonds. The van der Waals surface area contributed by atoms with E-state index in [0.29, 0.717) is 0 Å². The summed E-state index contributed by atoms with van der Waals surface area (Å²) in [5, 5.41) is 2.89. The van der Waals surface area contributed by atoms with Crippen LogP contribution in [0.3, 0.4) is 0 Å². The van der Waals surface area contributed by atoms with Crippen molar-refractivity contribution >= 4 is 22.5 Å². The molecular formula is C23H49AlOSi. The maximum Gasteiger partial charge on any atom is 0.294 e. The van der Waals surface area contributed by atoms with E-state index in [9.17, 15) is 0 Å². The summed E-state index contributed by atoms with van der Waals surface area (Å²) < 4.78 is 7.02. The predicted molar refractivity (Wildman–Crippen MR) is 125 cm³/mol. The first-order valence-electron chi connectivity index (χ1n) is 11.5. The molecule has 0 saturated carbocycles. The lowest BCUT2D eigenvalue weighted by atomic mass is 9.95. The number of hydrogen-bond donors (Lipinski definition) is 0. The molecule has 0 aromatic carbocycles. The predicted octanol–water partition coefficient (Wildman–Crippen LogP) is 8.25. The summed E-state index contributed by atoms with van der Waals surface area (Å²) in [7, 11) is -1.55. The van der Waals surface area contributed by atoms with Gasteiger partial charge in [0.1, 0.15) is 0 Å². The third-order valence-corrected chi connectivity index (χ3v) is 14.7. The molecule has 0 aliphatic carbocycles. The molecule has 0 N–H and O–H groups in total.